The molecule has 3 aliphatic rings. The first-order valence-electron chi connectivity index (χ1n) is 12.6. The lowest BCUT2D eigenvalue weighted by atomic mass is 9.99. The normalized spacial score (nSPS) is 23.2. The zero-order valence-corrected chi connectivity index (χ0v) is 20.2. The van der Waals surface area contributed by atoms with Gasteiger partial charge in [-0.3, -0.25) is 0 Å². The number of hydrogen-bond donors (Lipinski definition) is 1. The van der Waals surface area contributed by atoms with Gasteiger partial charge in [0.2, 0.25) is 0 Å². The van der Waals surface area contributed by atoms with E-state index < -0.39 is 23.5 Å². The Hall–Kier alpha value is -3.47. The molecule has 3 aromatic rings. The summed E-state index contributed by atoms with van der Waals surface area (Å²) in [5, 5.41) is 13.1. The van der Waals surface area contributed by atoms with Gasteiger partial charge in [-0.05, 0) is 49.7 Å². The van der Waals surface area contributed by atoms with Gasteiger partial charge in [0.25, 0.3) is 0 Å². The van der Waals surface area contributed by atoms with E-state index in [1.807, 2.05) is 4.90 Å². The molecule has 3 atom stereocenters. The maximum absolute atomic E-state index is 14.5. The zero-order valence-electron chi connectivity index (χ0n) is 20.2. The highest BCUT2D eigenvalue weighted by Crippen LogP contribution is 2.47. The lowest BCUT2D eigenvalue weighted by molar-refractivity contribution is -0.137. The molecule has 1 saturated heterocycles. The predicted molar refractivity (Wildman–Crippen MR) is 127 cm³/mol. The minimum absolute atomic E-state index is 0.0170. The molecule has 11 heteroatoms. The van der Waals surface area contributed by atoms with Crippen LogP contribution in [-0.4, -0.2) is 40.4 Å². The third kappa shape index (κ3) is 4.63. The van der Waals surface area contributed by atoms with Crippen LogP contribution in [0.4, 0.5) is 23.4 Å². The predicted octanol–water partition coefficient (Wildman–Crippen LogP) is 5.90. The van der Waals surface area contributed by atoms with Gasteiger partial charge < -0.3 is 19.3 Å². The highest BCUT2D eigenvalue weighted by Gasteiger charge is 2.43. The van der Waals surface area contributed by atoms with Gasteiger partial charge in [0, 0.05) is 36.3 Å². The summed E-state index contributed by atoms with van der Waals surface area (Å²) in [4.78, 5) is 16.9. The van der Waals surface area contributed by atoms with Crippen molar-refractivity contribution in [3.8, 4) is 11.3 Å². The fourth-order valence-electron chi connectivity index (χ4n) is 5.81. The summed E-state index contributed by atoms with van der Waals surface area (Å²) in [5.41, 5.74) is -0.222. The first kappa shape index (κ1) is 24.8. The van der Waals surface area contributed by atoms with Crippen LogP contribution in [0.25, 0.3) is 11.3 Å². The number of carboxylic acid groups (broad SMARTS) is 1. The van der Waals surface area contributed by atoms with Crippen molar-refractivity contribution >= 4 is 11.8 Å². The quantitative estimate of drug-likeness (QED) is 0.380. The number of fused-ring (bicyclic) bond motifs is 1. The van der Waals surface area contributed by atoms with Crippen LogP contribution in [0.15, 0.2) is 41.1 Å². The second-order valence-corrected chi connectivity index (χ2v) is 10.4. The van der Waals surface area contributed by atoms with E-state index in [2.05, 4.69) is 10.1 Å². The summed E-state index contributed by atoms with van der Waals surface area (Å²) >= 11 is 0. The van der Waals surface area contributed by atoms with Crippen LogP contribution in [0.3, 0.4) is 0 Å². The first-order chi connectivity index (χ1) is 18.2. The molecule has 200 valence electrons. The average molecular weight is 532 g/mol. The number of aromatic nitrogens is 2. The SMILES string of the molecule is O=C(O)c1cnc(N2C[C@H]3C[C@H](OCc4c(-c5ccccc5C(F)(F)F)noc4C4CC4)C[C@H]3C2)c(F)c1. The number of aromatic carboxylic acids is 1. The summed E-state index contributed by atoms with van der Waals surface area (Å²) in [7, 11) is 0. The Labute approximate surface area is 215 Å². The number of hydrogen-bond acceptors (Lipinski definition) is 6. The van der Waals surface area contributed by atoms with E-state index in [1.165, 1.54) is 12.1 Å². The number of carboxylic acids is 1. The maximum Gasteiger partial charge on any atom is 0.417 e. The molecule has 2 aliphatic carbocycles. The lowest BCUT2D eigenvalue weighted by Gasteiger charge is -2.21. The molecule has 6 rings (SSSR count). The van der Waals surface area contributed by atoms with Gasteiger partial charge in [0.05, 0.1) is 23.8 Å². The molecule has 38 heavy (non-hydrogen) atoms. The van der Waals surface area contributed by atoms with Crippen LogP contribution < -0.4 is 4.90 Å². The van der Waals surface area contributed by atoms with Crippen molar-refractivity contribution in [2.75, 3.05) is 18.0 Å². The molecule has 1 aromatic carbocycles. The number of benzene rings is 1. The van der Waals surface area contributed by atoms with Gasteiger partial charge in [0.15, 0.2) is 11.6 Å². The Morgan fingerprint density at radius 3 is 2.50 bits per heavy atom. The minimum Gasteiger partial charge on any atom is -0.478 e. The van der Waals surface area contributed by atoms with E-state index in [0.717, 1.165) is 44.0 Å². The van der Waals surface area contributed by atoms with Crippen LogP contribution >= 0.6 is 0 Å². The molecule has 0 spiro atoms. The summed E-state index contributed by atoms with van der Waals surface area (Å²) < 4.78 is 67.4. The topological polar surface area (TPSA) is 88.7 Å². The van der Waals surface area contributed by atoms with Crippen molar-refractivity contribution in [1.29, 1.82) is 0 Å². The van der Waals surface area contributed by atoms with Crippen molar-refractivity contribution in [1.82, 2.24) is 10.1 Å². The molecule has 3 fully saturated rings. The van der Waals surface area contributed by atoms with E-state index in [4.69, 9.17) is 14.4 Å². The van der Waals surface area contributed by atoms with Gasteiger partial charge >= 0.3 is 12.1 Å². The van der Waals surface area contributed by atoms with Gasteiger partial charge in [-0.15, -0.1) is 0 Å². The summed E-state index contributed by atoms with van der Waals surface area (Å²) in [6.45, 7) is 1.26. The van der Waals surface area contributed by atoms with E-state index in [0.29, 0.717) is 24.4 Å². The molecule has 1 N–H and O–H groups in total. The Morgan fingerprint density at radius 2 is 1.87 bits per heavy atom. The largest absolute Gasteiger partial charge is 0.478 e. The Balaban J connectivity index is 1.15. The second kappa shape index (κ2) is 9.37. The van der Waals surface area contributed by atoms with Gasteiger partial charge in [-0.1, -0.05) is 23.4 Å². The molecule has 2 aromatic heterocycles. The minimum atomic E-state index is -4.52. The lowest BCUT2D eigenvalue weighted by Crippen LogP contribution is -2.25. The Kier molecular flexibility index (Phi) is 6.13. The summed E-state index contributed by atoms with van der Waals surface area (Å²) in [6.07, 6.45) is -0.181. The van der Waals surface area contributed by atoms with Crippen molar-refractivity contribution in [3.05, 3.63) is 64.8 Å². The standard InChI is InChI=1S/C27H25F4N3O4/c28-22-9-15(26(35)36)10-32-25(22)34-11-16-7-18(8-17(16)12-34)37-13-20-23(33-38-24(20)14-5-6-14)19-3-1-2-4-21(19)27(29,30)31/h1-4,9-10,14,16-18H,5-8,11-13H2,(H,35,36)/t16-,17+,18+. The third-order valence-electron chi connectivity index (χ3n) is 7.79. The Bertz CT molecular complexity index is 1360. The van der Waals surface area contributed by atoms with Gasteiger partial charge in [-0.25, -0.2) is 14.2 Å². The fourth-order valence-corrected chi connectivity index (χ4v) is 5.81. The zero-order chi connectivity index (χ0) is 26.6. The average Bonchev–Trinajstić information content (AvgIpc) is 3.34. The number of alkyl halides is 3. The van der Waals surface area contributed by atoms with Crippen LogP contribution in [-0.2, 0) is 17.5 Å². The van der Waals surface area contributed by atoms with E-state index in [-0.39, 0.29) is 53.1 Å². The van der Waals surface area contributed by atoms with Crippen LogP contribution in [0.5, 0.6) is 0 Å². The smallest absolute Gasteiger partial charge is 0.417 e. The van der Waals surface area contributed by atoms with E-state index in [9.17, 15) is 22.4 Å². The molecule has 0 bridgehead atoms. The third-order valence-corrected chi connectivity index (χ3v) is 7.79. The first-order valence-corrected chi connectivity index (χ1v) is 12.6. The van der Waals surface area contributed by atoms with E-state index in [1.54, 1.807) is 6.07 Å². The molecule has 3 heterocycles. The summed E-state index contributed by atoms with van der Waals surface area (Å²) in [5.74, 6) is -0.499. The summed E-state index contributed by atoms with van der Waals surface area (Å²) in [6, 6.07) is 6.34. The maximum atomic E-state index is 14.5. The molecular formula is C27H25F4N3O4. The van der Waals surface area contributed by atoms with Crippen LogP contribution in [0.2, 0.25) is 0 Å². The highest BCUT2D eigenvalue weighted by molar-refractivity contribution is 5.87. The van der Waals surface area contributed by atoms with Crippen molar-refractivity contribution in [2.24, 2.45) is 11.8 Å². The van der Waals surface area contributed by atoms with Crippen molar-refractivity contribution in [3.63, 3.8) is 0 Å². The number of ether oxygens (including phenoxy) is 1. The molecule has 7 nitrogen and oxygen atoms in total. The number of rotatable bonds is 7. The number of carbonyl (C=O) groups is 1. The number of nitrogens with zero attached hydrogens (tertiary/aromatic N) is 3. The van der Waals surface area contributed by atoms with Crippen LogP contribution in [0, 0.1) is 17.7 Å². The molecular weight excluding hydrogens is 506 g/mol. The Morgan fingerprint density at radius 1 is 1.16 bits per heavy atom. The van der Waals surface area contributed by atoms with Crippen molar-refractivity contribution < 1.29 is 36.7 Å². The highest BCUT2D eigenvalue weighted by atomic mass is 19.4. The number of anilines is 1. The molecule has 2 saturated carbocycles. The number of pyridine rings is 1. The molecule has 0 unspecified atom stereocenters. The van der Waals surface area contributed by atoms with Crippen LogP contribution in [0.1, 0.15) is 58.8 Å². The number of halogens is 4. The fraction of sp³-hybridized carbons (Fsp3) is 0.444. The van der Waals surface area contributed by atoms with E-state index >= 15 is 0 Å². The van der Waals surface area contributed by atoms with Gasteiger partial charge in [0.1, 0.15) is 11.5 Å². The molecule has 0 amide bonds. The monoisotopic (exact) mass is 531 g/mol. The second-order valence-electron chi connectivity index (χ2n) is 10.4. The molecule has 0 radical (unpaired) electrons. The van der Waals surface area contributed by atoms with Gasteiger partial charge in [-0.2, -0.15) is 13.2 Å². The molecule has 1 aliphatic heterocycles. The van der Waals surface area contributed by atoms with Crippen molar-refractivity contribution in [2.45, 2.75) is 50.5 Å².